The number of aliphatic imine (C=N–C) groups is 1. The lowest BCUT2D eigenvalue weighted by Crippen LogP contribution is -1.97. The van der Waals surface area contributed by atoms with Crippen molar-refractivity contribution in [2.75, 3.05) is 0 Å². The van der Waals surface area contributed by atoms with Gasteiger partial charge in [0.25, 0.3) is 0 Å². The fourth-order valence-corrected chi connectivity index (χ4v) is 3.85. The number of oxazole rings is 1. The van der Waals surface area contributed by atoms with Crippen LogP contribution in [-0.4, -0.2) is 21.2 Å². The van der Waals surface area contributed by atoms with Gasteiger partial charge in [-0.05, 0) is 66.1 Å². The molecule has 0 fully saturated rings. The van der Waals surface area contributed by atoms with Gasteiger partial charge in [-0.2, -0.15) is 0 Å². The molecule has 5 aromatic rings. The highest BCUT2D eigenvalue weighted by molar-refractivity contribution is 6.30. The van der Waals surface area contributed by atoms with Gasteiger partial charge in [0.05, 0.1) is 10.6 Å². The number of nitro groups is 1. The van der Waals surface area contributed by atoms with Gasteiger partial charge in [-0.15, -0.1) is 0 Å². The molecule has 0 atom stereocenters. The van der Waals surface area contributed by atoms with E-state index < -0.39 is 10.7 Å². The summed E-state index contributed by atoms with van der Waals surface area (Å²) in [5, 5.41) is 22.6. The second-order valence-electron chi connectivity index (χ2n) is 7.91. The van der Waals surface area contributed by atoms with Crippen LogP contribution >= 0.6 is 11.6 Å². The number of aromatic nitrogens is 1. The van der Waals surface area contributed by atoms with Crippen molar-refractivity contribution in [3.8, 4) is 17.2 Å². The van der Waals surface area contributed by atoms with Crippen LogP contribution in [0.25, 0.3) is 22.6 Å². The Morgan fingerprint density at radius 3 is 2.51 bits per heavy atom. The number of phenolic OH excluding ortho intramolecular Hbond substituents is 1. The molecule has 1 N–H and O–H groups in total. The van der Waals surface area contributed by atoms with E-state index in [1.165, 1.54) is 12.3 Å². The molecule has 5 rings (SSSR count). The first-order valence-corrected chi connectivity index (χ1v) is 11.1. The number of aromatic hydroxyl groups is 1. The monoisotopic (exact) mass is 483 g/mol. The summed E-state index contributed by atoms with van der Waals surface area (Å²) in [6.07, 6.45) is 1.90. The number of nitro benzene ring substituents is 1. The molecular formula is C27H18ClN3O4. The number of benzene rings is 4. The van der Waals surface area contributed by atoms with Crippen LogP contribution in [0.5, 0.6) is 5.75 Å². The molecule has 0 aliphatic rings. The van der Waals surface area contributed by atoms with Gasteiger partial charge in [0, 0.05) is 28.4 Å². The minimum Gasteiger partial charge on any atom is -0.502 e. The van der Waals surface area contributed by atoms with Crippen molar-refractivity contribution in [3.63, 3.8) is 0 Å². The maximum absolute atomic E-state index is 11.5. The van der Waals surface area contributed by atoms with Crippen LogP contribution in [0.15, 0.2) is 94.3 Å². The molecule has 0 saturated carbocycles. The van der Waals surface area contributed by atoms with Crippen LogP contribution in [0.1, 0.15) is 16.7 Å². The Kier molecular flexibility index (Phi) is 5.99. The molecular weight excluding hydrogens is 466 g/mol. The zero-order chi connectivity index (χ0) is 24.4. The third-order valence-electron chi connectivity index (χ3n) is 5.44. The highest BCUT2D eigenvalue weighted by atomic mass is 35.5. The summed E-state index contributed by atoms with van der Waals surface area (Å²) in [6.45, 7) is 0. The number of rotatable bonds is 6. The molecule has 1 aromatic heterocycles. The maximum atomic E-state index is 11.5. The molecule has 8 heteroatoms. The van der Waals surface area contributed by atoms with Crippen LogP contribution in [0, 0.1) is 10.1 Å². The Hall–Kier alpha value is -4.49. The van der Waals surface area contributed by atoms with Crippen molar-refractivity contribution in [1.29, 1.82) is 0 Å². The van der Waals surface area contributed by atoms with Crippen LogP contribution in [-0.2, 0) is 6.42 Å². The predicted molar refractivity (Wildman–Crippen MR) is 136 cm³/mol. The number of phenols is 1. The lowest BCUT2D eigenvalue weighted by atomic mass is 10.0. The van der Waals surface area contributed by atoms with Gasteiger partial charge in [-0.1, -0.05) is 41.9 Å². The second-order valence-corrected chi connectivity index (χ2v) is 8.34. The van der Waals surface area contributed by atoms with Gasteiger partial charge < -0.3 is 9.52 Å². The summed E-state index contributed by atoms with van der Waals surface area (Å²) < 4.78 is 5.82. The zero-order valence-corrected chi connectivity index (χ0v) is 19.0. The summed E-state index contributed by atoms with van der Waals surface area (Å²) in [5.41, 5.74) is 4.15. The standard InChI is InChI=1S/C27H18ClN3O4/c28-21-8-6-19(7-9-21)27-30-23-15-22(10-11-25(23)35-27)29-16-20-13-18(12-17-4-2-1-3-5-17)14-24(26(20)32)31(33)34/h1-11,13-16,32H,12H2. The first-order valence-electron chi connectivity index (χ1n) is 10.7. The van der Waals surface area contributed by atoms with Crippen molar-refractivity contribution in [2.24, 2.45) is 4.99 Å². The van der Waals surface area contributed by atoms with E-state index in [0.717, 1.165) is 11.1 Å². The van der Waals surface area contributed by atoms with Crippen molar-refractivity contribution in [2.45, 2.75) is 6.42 Å². The van der Waals surface area contributed by atoms with E-state index >= 15 is 0 Å². The van der Waals surface area contributed by atoms with Gasteiger partial charge in [0.15, 0.2) is 5.58 Å². The minimum absolute atomic E-state index is 0.257. The van der Waals surface area contributed by atoms with Gasteiger partial charge in [-0.25, -0.2) is 4.98 Å². The molecule has 35 heavy (non-hydrogen) atoms. The number of nitrogens with zero attached hydrogens (tertiary/aromatic N) is 3. The molecule has 0 amide bonds. The third kappa shape index (κ3) is 4.90. The molecule has 0 spiro atoms. The van der Waals surface area contributed by atoms with E-state index in [0.29, 0.717) is 39.7 Å². The number of hydrogen-bond acceptors (Lipinski definition) is 6. The highest BCUT2D eigenvalue weighted by Crippen LogP contribution is 2.32. The number of halogens is 1. The Morgan fingerprint density at radius 2 is 1.77 bits per heavy atom. The SMILES string of the molecule is O=[N+]([O-])c1cc(Cc2ccccc2)cc(C=Nc2ccc3oc(-c4ccc(Cl)cc4)nc3c2)c1O. The molecule has 0 bridgehead atoms. The second kappa shape index (κ2) is 9.40. The predicted octanol–water partition coefficient (Wildman–Crippen LogP) is 7.10. The summed E-state index contributed by atoms with van der Waals surface area (Å²) in [5.74, 6) is 0.0304. The molecule has 0 unspecified atom stereocenters. The van der Waals surface area contributed by atoms with Crippen molar-refractivity contribution >= 4 is 40.3 Å². The maximum Gasteiger partial charge on any atom is 0.311 e. The van der Waals surface area contributed by atoms with Gasteiger partial charge >= 0.3 is 5.69 Å². The van der Waals surface area contributed by atoms with Crippen LogP contribution in [0.4, 0.5) is 11.4 Å². The van der Waals surface area contributed by atoms with Gasteiger partial charge in [0.1, 0.15) is 5.52 Å². The Labute approximate surface area is 205 Å². The van der Waals surface area contributed by atoms with Crippen LogP contribution in [0.3, 0.4) is 0 Å². The number of fused-ring (bicyclic) bond motifs is 1. The Bertz CT molecular complexity index is 1560. The van der Waals surface area contributed by atoms with Crippen molar-refractivity contribution in [3.05, 3.63) is 117 Å². The lowest BCUT2D eigenvalue weighted by molar-refractivity contribution is -0.385. The average molecular weight is 484 g/mol. The van der Waals surface area contributed by atoms with Crippen molar-refractivity contribution in [1.82, 2.24) is 4.98 Å². The molecule has 0 saturated heterocycles. The summed E-state index contributed by atoms with van der Waals surface area (Å²) in [4.78, 5) is 19.9. The average Bonchev–Trinajstić information content (AvgIpc) is 3.28. The highest BCUT2D eigenvalue weighted by Gasteiger charge is 2.18. The molecule has 7 nitrogen and oxygen atoms in total. The van der Waals surface area contributed by atoms with E-state index in [2.05, 4.69) is 9.98 Å². The Morgan fingerprint density at radius 1 is 1.00 bits per heavy atom. The molecule has 4 aromatic carbocycles. The van der Waals surface area contributed by atoms with E-state index in [1.807, 2.05) is 42.5 Å². The van der Waals surface area contributed by atoms with E-state index in [1.54, 1.807) is 36.4 Å². The van der Waals surface area contributed by atoms with E-state index in [9.17, 15) is 15.2 Å². The van der Waals surface area contributed by atoms with Gasteiger partial charge in [-0.3, -0.25) is 15.1 Å². The molecule has 0 aliphatic carbocycles. The lowest BCUT2D eigenvalue weighted by Gasteiger charge is -2.06. The van der Waals surface area contributed by atoms with E-state index in [-0.39, 0.29) is 11.3 Å². The quantitative estimate of drug-likeness (QED) is 0.157. The smallest absolute Gasteiger partial charge is 0.311 e. The van der Waals surface area contributed by atoms with Gasteiger partial charge in [0.2, 0.25) is 11.6 Å². The topological polar surface area (TPSA) is 102 Å². The molecule has 172 valence electrons. The fourth-order valence-electron chi connectivity index (χ4n) is 3.73. The summed E-state index contributed by atoms with van der Waals surface area (Å²) >= 11 is 5.95. The summed E-state index contributed by atoms with van der Waals surface area (Å²) in [7, 11) is 0. The summed E-state index contributed by atoms with van der Waals surface area (Å²) in [6, 6.07) is 25.1. The minimum atomic E-state index is -0.596. The zero-order valence-electron chi connectivity index (χ0n) is 18.3. The van der Waals surface area contributed by atoms with Crippen molar-refractivity contribution < 1.29 is 14.4 Å². The van der Waals surface area contributed by atoms with Crippen LogP contribution < -0.4 is 0 Å². The molecule has 1 heterocycles. The third-order valence-corrected chi connectivity index (χ3v) is 5.69. The molecule has 0 radical (unpaired) electrons. The first-order chi connectivity index (χ1) is 17.0. The first kappa shape index (κ1) is 22.3. The van der Waals surface area contributed by atoms with Crippen LogP contribution in [0.2, 0.25) is 5.02 Å². The number of hydrogen-bond donors (Lipinski definition) is 1. The Balaban J connectivity index is 1.46. The normalized spacial score (nSPS) is 11.3. The molecule has 0 aliphatic heterocycles. The fraction of sp³-hybridized carbons (Fsp3) is 0.0370. The van der Waals surface area contributed by atoms with E-state index in [4.69, 9.17) is 16.0 Å². The largest absolute Gasteiger partial charge is 0.502 e.